The highest BCUT2D eigenvalue weighted by molar-refractivity contribution is 7.07. The van der Waals surface area contributed by atoms with Gasteiger partial charge in [-0.1, -0.05) is 0 Å². The number of likely N-dealkylation sites (tertiary alicyclic amines) is 1. The molecule has 5 heteroatoms. The van der Waals surface area contributed by atoms with Crippen LogP contribution in [0.5, 0.6) is 0 Å². The van der Waals surface area contributed by atoms with E-state index in [1.165, 1.54) is 11.3 Å². The second-order valence-electron chi connectivity index (χ2n) is 3.10. The Kier molecular flexibility index (Phi) is 2.51. The molecule has 2 heterocycles. The summed E-state index contributed by atoms with van der Waals surface area (Å²) in [6.07, 6.45) is 0. The van der Waals surface area contributed by atoms with Gasteiger partial charge in [-0.3, -0.25) is 4.79 Å². The second kappa shape index (κ2) is 3.64. The van der Waals surface area contributed by atoms with Gasteiger partial charge in [-0.25, -0.2) is 4.98 Å². The number of amides is 1. The monoisotopic (exact) mass is 216 g/mol. The molecule has 0 aliphatic carbocycles. The number of thiazole rings is 1. The molecular weight excluding hydrogens is 208 g/mol. The molecule has 1 aromatic heterocycles. The van der Waals surface area contributed by atoms with E-state index in [9.17, 15) is 4.79 Å². The van der Waals surface area contributed by atoms with E-state index in [1.54, 1.807) is 15.8 Å². The van der Waals surface area contributed by atoms with Crippen LogP contribution in [0.2, 0.25) is 0 Å². The van der Waals surface area contributed by atoms with E-state index in [0.29, 0.717) is 17.5 Å². The van der Waals surface area contributed by atoms with E-state index in [4.69, 9.17) is 11.6 Å². The summed E-state index contributed by atoms with van der Waals surface area (Å²) in [5.41, 5.74) is 2.23. The van der Waals surface area contributed by atoms with Crippen molar-refractivity contribution in [3.05, 3.63) is 16.6 Å². The molecule has 2 rings (SSSR count). The number of aromatic nitrogens is 1. The van der Waals surface area contributed by atoms with Crippen LogP contribution in [0.1, 0.15) is 10.5 Å². The number of carbonyl (C=O) groups is 1. The molecule has 0 unspecified atom stereocenters. The van der Waals surface area contributed by atoms with Crippen molar-refractivity contribution in [3.63, 3.8) is 0 Å². The van der Waals surface area contributed by atoms with Crippen LogP contribution in [-0.2, 0) is 0 Å². The van der Waals surface area contributed by atoms with Crippen LogP contribution in [-0.4, -0.2) is 34.8 Å². The lowest BCUT2D eigenvalue weighted by atomic mass is 10.0. The number of hydrogen-bond acceptors (Lipinski definition) is 3. The maximum atomic E-state index is 11.6. The maximum Gasteiger partial charge on any atom is 0.273 e. The maximum absolute atomic E-state index is 11.6. The van der Waals surface area contributed by atoms with Gasteiger partial charge in [0.25, 0.3) is 5.91 Å². The van der Waals surface area contributed by atoms with Crippen molar-refractivity contribution in [2.75, 3.05) is 19.0 Å². The van der Waals surface area contributed by atoms with Gasteiger partial charge in [-0.2, -0.15) is 0 Å². The highest BCUT2D eigenvalue weighted by atomic mass is 35.5. The number of hydrogen-bond donors (Lipinski definition) is 0. The van der Waals surface area contributed by atoms with Gasteiger partial charge >= 0.3 is 0 Å². The Bertz CT molecular complexity index is 295. The van der Waals surface area contributed by atoms with Crippen molar-refractivity contribution >= 4 is 28.8 Å². The van der Waals surface area contributed by atoms with Gasteiger partial charge in [-0.05, 0) is 0 Å². The van der Waals surface area contributed by atoms with Crippen molar-refractivity contribution in [2.24, 2.45) is 5.92 Å². The third-order valence-corrected chi connectivity index (χ3v) is 3.14. The molecule has 1 aliphatic heterocycles. The van der Waals surface area contributed by atoms with Crippen molar-refractivity contribution in [1.82, 2.24) is 9.88 Å². The summed E-state index contributed by atoms with van der Waals surface area (Å²) in [5.74, 6) is 1.15. The minimum atomic E-state index is 0.0302. The van der Waals surface area contributed by atoms with E-state index >= 15 is 0 Å². The molecule has 0 atom stereocenters. The van der Waals surface area contributed by atoms with Crippen LogP contribution >= 0.6 is 22.9 Å². The third kappa shape index (κ3) is 1.69. The summed E-state index contributed by atoms with van der Waals surface area (Å²) in [6.45, 7) is 1.56. The predicted octanol–water partition coefficient (Wildman–Crippen LogP) is 1.45. The highest BCUT2D eigenvalue weighted by Gasteiger charge is 2.30. The molecule has 0 N–H and O–H groups in total. The summed E-state index contributed by atoms with van der Waals surface area (Å²) in [7, 11) is 0. The van der Waals surface area contributed by atoms with E-state index in [-0.39, 0.29) is 5.91 Å². The number of nitrogens with zero attached hydrogens (tertiary/aromatic N) is 2. The van der Waals surface area contributed by atoms with Crippen molar-refractivity contribution in [1.29, 1.82) is 0 Å². The topological polar surface area (TPSA) is 33.2 Å². The number of rotatable bonds is 2. The Morgan fingerprint density at radius 2 is 2.54 bits per heavy atom. The number of alkyl halides is 1. The molecule has 1 saturated heterocycles. The highest BCUT2D eigenvalue weighted by Crippen LogP contribution is 2.19. The van der Waals surface area contributed by atoms with Crippen LogP contribution in [0, 0.1) is 5.92 Å². The van der Waals surface area contributed by atoms with Gasteiger partial charge in [-0.15, -0.1) is 22.9 Å². The quantitative estimate of drug-likeness (QED) is 0.702. The molecule has 70 valence electrons. The average Bonchev–Trinajstić information content (AvgIpc) is 2.53. The molecule has 0 spiro atoms. The molecule has 3 nitrogen and oxygen atoms in total. The van der Waals surface area contributed by atoms with Gasteiger partial charge in [0.15, 0.2) is 0 Å². The summed E-state index contributed by atoms with van der Waals surface area (Å²) in [6, 6.07) is 0. The first-order valence-electron chi connectivity index (χ1n) is 4.04. The minimum absolute atomic E-state index is 0.0302. The molecule has 0 bridgehead atoms. The van der Waals surface area contributed by atoms with Gasteiger partial charge < -0.3 is 4.90 Å². The summed E-state index contributed by atoms with van der Waals surface area (Å²) in [5, 5.41) is 1.77. The fraction of sp³-hybridized carbons (Fsp3) is 0.500. The first kappa shape index (κ1) is 8.97. The normalized spacial score (nSPS) is 17.2. The molecule has 0 saturated carbocycles. The third-order valence-electron chi connectivity index (χ3n) is 2.11. The smallest absolute Gasteiger partial charge is 0.273 e. The van der Waals surface area contributed by atoms with Gasteiger partial charge in [0.1, 0.15) is 5.69 Å². The van der Waals surface area contributed by atoms with E-state index in [1.807, 2.05) is 0 Å². The molecule has 13 heavy (non-hydrogen) atoms. The Morgan fingerprint density at radius 1 is 1.77 bits per heavy atom. The van der Waals surface area contributed by atoms with Gasteiger partial charge in [0.2, 0.25) is 0 Å². The first-order valence-corrected chi connectivity index (χ1v) is 5.52. The molecule has 1 aliphatic rings. The van der Waals surface area contributed by atoms with Crippen LogP contribution in [0.15, 0.2) is 10.9 Å². The van der Waals surface area contributed by atoms with Crippen LogP contribution in [0.4, 0.5) is 0 Å². The lowest BCUT2D eigenvalue weighted by molar-refractivity contribution is 0.0530. The van der Waals surface area contributed by atoms with Crippen LogP contribution < -0.4 is 0 Å². The van der Waals surface area contributed by atoms with Crippen molar-refractivity contribution < 1.29 is 4.79 Å². The fourth-order valence-corrected chi connectivity index (χ4v) is 2.03. The summed E-state index contributed by atoms with van der Waals surface area (Å²) < 4.78 is 0. The Balaban J connectivity index is 1.94. The second-order valence-corrected chi connectivity index (χ2v) is 4.13. The molecule has 0 aromatic carbocycles. The van der Waals surface area contributed by atoms with E-state index in [0.717, 1.165) is 13.1 Å². The van der Waals surface area contributed by atoms with Gasteiger partial charge in [0, 0.05) is 30.3 Å². The standard InChI is InChI=1S/C8H9ClN2OS/c9-1-6-2-11(3-6)8(12)7-4-13-5-10-7/h4-6H,1-3H2. The minimum Gasteiger partial charge on any atom is -0.337 e. The number of halogens is 1. The molecule has 1 fully saturated rings. The Labute approximate surface area is 85.3 Å². The molecule has 1 aromatic rings. The molecule has 0 radical (unpaired) electrons. The molecule has 1 amide bonds. The van der Waals surface area contributed by atoms with Crippen molar-refractivity contribution in [2.45, 2.75) is 0 Å². The number of carbonyl (C=O) groups excluding carboxylic acids is 1. The van der Waals surface area contributed by atoms with E-state index in [2.05, 4.69) is 4.98 Å². The van der Waals surface area contributed by atoms with E-state index < -0.39 is 0 Å². The Hall–Kier alpha value is -0.610. The van der Waals surface area contributed by atoms with Crippen LogP contribution in [0.3, 0.4) is 0 Å². The zero-order valence-corrected chi connectivity index (χ0v) is 8.51. The zero-order chi connectivity index (χ0) is 9.26. The zero-order valence-electron chi connectivity index (χ0n) is 6.94. The molecular formula is C8H9ClN2OS. The summed E-state index contributed by atoms with van der Waals surface area (Å²) >= 11 is 7.09. The summed E-state index contributed by atoms with van der Waals surface area (Å²) in [4.78, 5) is 17.3. The predicted molar refractivity (Wildman–Crippen MR) is 52.2 cm³/mol. The SMILES string of the molecule is O=C(c1cscn1)N1CC(CCl)C1. The largest absolute Gasteiger partial charge is 0.337 e. The van der Waals surface area contributed by atoms with Gasteiger partial charge in [0.05, 0.1) is 5.51 Å². The van der Waals surface area contributed by atoms with Crippen LogP contribution in [0.25, 0.3) is 0 Å². The first-order chi connectivity index (χ1) is 6.31. The average molecular weight is 217 g/mol. The fourth-order valence-electron chi connectivity index (χ4n) is 1.31. The Morgan fingerprint density at radius 3 is 3.08 bits per heavy atom. The lowest BCUT2D eigenvalue weighted by Crippen LogP contribution is -2.50. The lowest BCUT2D eigenvalue weighted by Gasteiger charge is -2.37. The van der Waals surface area contributed by atoms with Crippen molar-refractivity contribution in [3.8, 4) is 0 Å².